The van der Waals surface area contributed by atoms with Gasteiger partial charge in [0.2, 0.25) is 5.88 Å². The van der Waals surface area contributed by atoms with E-state index in [2.05, 4.69) is 15.3 Å². The largest absolute Gasteiger partial charge is 0.477 e. The predicted molar refractivity (Wildman–Crippen MR) is 137 cm³/mol. The summed E-state index contributed by atoms with van der Waals surface area (Å²) in [7, 11) is 0. The summed E-state index contributed by atoms with van der Waals surface area (Å²) in [5, 5.41) is 3.37. The van der Waals surface area contributed by atoms with Crippen molar-refractivity contribution in [3.05, 3.63) is 46.6 Å². The molecule has 0 saturated carbocycles. The highest BCUT2D eigenvalue weighted by Crippen LogP contribution is 2.28. The Morgan fingerprint density at radius 3 is 2.49 bits per heavy atom. The molecule has 0 radical (unpaired) electrons. The Bertz CT molecular complexity index is 1010. The lowest BCUT2D eigenvalue weighted by Crippen LogP contribution is -2.41. The van der Waals surface area contributed by atoms with Crippen LogP contribution in [0.1, 0.15) is 56.0 Å². The van der Waals surface area contributed by atoms with Gasteiger partial charge in [0, 0.05) is 19.6 Å². The van der Waals surface area contributed by atoms with Crippen LogP contribution in [-0.2, 0) is 11.3 Å². The van der Waals surface area contributed by atoms with E-state index in [0.29, 0.717) is 37.3 Å². The molecule has 0 bridgehead atoms. The number of halogens is 1. The summed E-state index contributed by atoms with van der Waals surface area (Å²) in [4.78, 5) is 35.5. The van der Waals surface area contributed by atoms with Crippen LogP contribution in [0, 0.1) is 5.92 Å². The summed E-state index contributed by atoms with van der Waals surface area (Å²) in [6, 6.07) is 9.61. The van der Waals surface area contributed by atoms with Gasteiger partial charge in [0.15, 0.2) is 5.16 Å². The van der Waals surface area contributed by atoms with E-state index in [9.17, 15) is 9.59 Å². The molecule has 1 aromatic carbocycles. The van der Waals surface area contributed by atoms with Crippen molar-refractivity contribution >= 4 is 35.4 Å². The van der Waals surface area contributed by atoms with E-state index >= 15 is 0 Å². The standard InChI is InChI=1S/C25H33ClN4O4S/c1-25(2,3)34-24(32)30-13-10-17(11-14-30)12-15-33-22-19(20(26)28-23(29-22)35-4)21(31)27-16-18-8-6-5-7-9-18/h5-9,17H,10-16H2,1-4H3,(H,27,31). The number of nitrogens with zero attached hydrogens (tertiary/aromatic N) is 3. The molecule has 1 aliphatic heterocycles. The average molecular weight is 521 g/mol. The van der Waals surface area contributed by atoms with Crippen molar-refractivity contribution in [3.63, 3.8) is 0 Å². The molecule has 0 aliphatic carbocycles. The van der Waals surface area contributed by atoms with Crippen LogP contribution in [0.4, 0.5) is 4.79 Å². The number of nitrogens with one attached hydrogen (secondary N) is 1. The van der Waals surface area contributed by atoms with Gasteiger partial charge in [0.05, 0.1) is 6.61 Å². The van der Waals surface area contributed by atoms with E-state index < -0.39 is 5.60 Å². The third-order valence-electron chi connectivity index (χ3n) is 5.55. The zero-order valence-corrected chi connectivity index (χ0v) is 22.2. The molecule has 35 heavy (non-hydrogen) atoms. The maximum atomic E-state index is 12.9. The van der Waals surface area contributed by atoms with Gasteiger partial charge in [-0.25, -0.2) is 9.78 Å². The number of rotatable bonds is 8. The lowest BCUT2D eigenvalue weighted by Gasteiger charge is -2.33. The van der Waals surface area contributed by atoms with Crippen LogP contribution in [0.5, 0.6) is 5.88 Å². The first-order chi connectivity index (χ1) is 16.7. The summed E-state index contributed by atoms with van der Waals surface area (Å²) in [6.45, 7) is 7.66. The van der Waals surface area contributed by atoms with Crippen LogP contribution >= 0.6 is 23.4 Å². The molecule has 1 aliphatic rings. The number of aromatic nitrogens is 2. The van der Waals surface area contributed by atoms with Crippen LogP contribution in [0.25, 0.3) is 0 Å². The lowest BCUT2D eigenvalue weighted by molar-refractivity contribution is 0.0177. The maximum absolute atomic E-state index is 12.9. The van der Waals surface area contributed by atoms with Gasteiger partial charge in [0.25, 0.3) is 5.91 Å². The van der Waals surface area contributed by atoms with E-state index in [1.807, 2.05) is 57.4 Å². The van der Waals surface area contributed by atoms with Crippen LogP contribution in [-0.4, -0.2) is 58.4 Å². The fourth-order valence-corrected chi connectivity index (χ4v) is 4.36. The summed E-state index contributed by atoms with van der Waals surface area (Å²) < 4.78 is 11.4. The van der Waals surface area contributed by atoms with Crippen LogP contribution < -0.4 is 10.1 Å². The lowest BCUT2D eigenvalue weighted by atomic mass is 9.94. The first-order valence-corrected chi connectivity index (χ1v) is 13.3. The molecule has 8 nitrogen and oxygen atoms in total. The fraction of sp³-hybridized carbons (Fsp3) is 0.520. The highest BCUT2D eigenvalue weighted by molar-refractivity contribution is 7.98. The Labute approximate surface area is 216 Å². The van der Waals surface area contributed by atoms with Crippen molar-refractivity contribution < 1.29 is 19.1 Å². The minimum absolute atomic E-state index is 0.0654. The number of carbonyl (C=O) groups is 2. The smallest absolute Gasteiger partial charge is 0.410 e. The fourth-order valence-electron chi connectivity index (χ4n) is 3.70. The van der Waals surface area contributed by atoms with Gasteiger partial charge in [-0.3, -0.25) is 4.79 Å². The number of likely N-dealkylation sites (tertiary alicyclic amines) is 1. The van der Waals surface area contributed by atoms with Crippen molar-refractivity contribution in [2.45, 2.75) is 57.3 Å². The van der Waals surface area contributed by atoms with E-state index in [-0.39, 0.29) is 28.6 Å². The molecule has 1 aromatic heterocycles. The Kier molecular flexibility index (Phi) is 9.63. The van der Waals surface area contributed by atoms with Crippen molar-refractivity contribution in [1.82, 2.24) is 20.2 Å². The number of benzene rings is 1. The number of piperidine rings is 1. The number of carbonyl (C=O) groups excluding carboxylic acids is 2. The summed E-state index contributed by atoms with van der Waals surface area (Å²) in [5.74, 6) is 0.208. The monoisotopic (exact) mass is 520 g/mol. The second-order valence-electron chi connectivity index (χ2n) is 9.40. The third kappa shape index (κ3) is 8.28. The second-order valence-corrected chi connectivity index (χ2v) is 10.5. The third-order valence-corrected chi connectivity index (χ3v) is 6.37. The zero-order chi connectivity index (χ0) is 25.4. The molecule has 2 heterocycles. The Morgan fingerprint density at radius 2 is 1.86 bits per heavy atom. The first-order valence-electron chi connectivity index (χ1n) is 11.7. The molecular weight excluding hydrogens is 488 g/mol. The first kappa shape index (κ1) is 27.1. The van der Waals surface area contributed by atoms with Crippen LogP contribution in [0.2, 0.25) is 5.15 Å². The van der Waals surface area contributed by atoms with E-state index in [4.69, 9.17) is 21.1 Å². The van der Waals surface area contributed by atoms with Crippen molar-refractivity contribution in [2.75, 3.05) is 26.0 Å². The average Bonchev–Trinajstić information content (AvgIpc) is 2.82. The molecule has 2 amide bonds. The predicted octanol–water partition coefficient (Wildman–Crippen LogP) is 5.20. The van der Waals surface area contributed by atoms with Crippen molar-refractivity contribution in [3.8, 4) is 5.88 Å². The van der Waals surface area contributed by atoms with Gasteiger partial charge >= 0.3 is 6.09 Å². The van der Waals surface area contributed by atoms with Gasteiger partial charge in [-0.2, -0.15) is 4.98 Å². The number of thioether (sulfide) groups is 1. The Hall–Kier alpha value is -2.52. The van der Waals surface area contributed by atoms with Gasteiger partial charge in [0.1, 0.15) is 16.3 Å². The second kappa shape index (κ2) is 12.4. The van der Waals surface area contributed by atoms with Crippen LogP contribution in [0.15, 0.2) is 35.5 Å². The van der Waals surface area contributed by atoms with Crippen molar-refractivity contribution in [2.24, 2.45) is 5.92 Å². The molecule has 0 unspecified atom stereocenters. The zero-order valence-electron chi connectivity index (χ0n) is 20.7. The molecular formula is C25H33ClN4O4S. The molecule has 190 valence electrons. The SMILES string of the molecule is CSc1nc(Cl)c(C(=O)NCc2ccccc2)c(OCCC2CCN(C(=O)OC(C)(C)C)CC2)n1. The number of ether oxygens (including phenoxy) is 2. The quantitative estimate of drug-likeness (QED) is 0.290. The van der Waals surface area contributed by atoms with Gasteiger partial charge in [-0.05, 0) is 57.8 Å². The Balaban J connectivity index is 1.56. The molecule has 10 heteroatoms. The van der Waals surface area contributed by atoms with E-state index in [1.54, 1.807) is 4.90 Å². The Morgan fingerprint density at radius 1 is 1.17 bits per heavy atom. The van der Waals surface area contributed by atoms with Crippen molar-refractivity contribution in [1.29, 1.82) is 0 Å². The normalized spacial score (nSPS) is 14.5. The highest BCUT2D eigenvalue weighted by atomic mass is 35.5. The molecule has 2 aromatic rings. The van der Waals surface area contributed by atoms with E-state index in [1.165, 1.54) is 11.8 Å². The number of hydrogen-bond acceptors (Lipinski definition) is 7. The summed E-state index contributed by atoms with van der Waals surface area (Å²) in [6.07, 6.45) is 4.09. The number of amides is 2. The highest BCUT2D eigenvalue weighted by Gasteiger charge is 2.27. The molecule has 1 saturated heterocycles. The molecule has 0 atom stereocenters. The topological polar surface area (TPSA) is 93.7 Å². The van der Waals surface area contributed by atoms with Gasteiger partial charge < -0.3 is 19.7 Å². The minimum atomic E-state index is -0.499. The molecule has 0 spiro atoms. The van der Waals surface area contributed by atoms with E-state index in [0.717, 1.165) is 24.8 Å². The maximum Gasteiger partial charge on any atom is 0.410 e. The number of hydrogen-bond donors (Lipinski definition) is 1. The molecule has 3 rings (SSSR count). The summed E-state index contributed by atoms with van der Waals surface area (Å²) >= 11 is 7.68. The summed E-state index contributed by atoms with van der Waals surface area (Å²) in [5.41, 5.74) is 0.611. The van der Waals surface area contributed by atoms with Gasteiger partial charge in [-0.15, -0.1) is 0 Å². The minimum Gasteiger partial charge on any atom is -0.477 e. The van der Waals surface area contributed by atoms with Crippen LogP contribution in [0.3, 0.4) is 0 Å². The van der Waals surface area contributed by atoms with Gasteiger partial charge in [-0.1, -0.05) is 53.7 Å². The molecule has 1 fully saturated rings. The molecule has 1 N–H and O–H groups in total.